The van der Waals surface area contributed by atoms with Crippen LogP contribution >= 0.6 is 15.9 Å². The average Bonchev–Trinajstić information content (AvgIpc) is 2.37. The van der Waals surface area contributed by atoms with Crippen LogP contribution in [0.1, 0.15) is 22.7 Å². The van der Waals surface area contributed by atoms with Gasteiger partial charge >= 0.3 is 0 Å². The summed E-state index contributed by atoms with van der Waals surface area (Å²) in [4.78, 5) is 0. The van der Waals surface area contributed by atoms with Crippen molar-refractivity contribution in [2.24, 2.45) is 0 Å². The van der Waals surface area contributed by atoms with E-state index in [1.54, 1.807) is 7.05 Å². The van der Waals surface area contributed by atoms with Crippen LogP contribution in [0.3, 0.4) is 0 Å². The van der Waals surface area contributed by atoms with Crippen LogP contribution in [0.2, 0.25) is 0 Å². The molecule has 0 aliphatic carbocycles. The van der Waals surface area contributed by atoms with Crippen molar-refractivity contribution in [1.82, 2.24) is 5.32 Å². The molecule has 1 N–H and O–H groups in total. The zero-order valence-corrected chi connectivity index (χ0v) is 12.3. The maximum absolute atomic E-state index is 13.9. The predicted octanol–water partition coefficient (Wildman–Crippen LogP) is 4.34. The van der Waals surface area contributed by atoms with Gasteiger partial charge in [0.15, 0.2) is 0 Å². The number of halogens is 3. The smallest absolute Gasteiger partial charge is 0.131 e. The predicted molar refractivity (Wildman–Crippen MR) is 76.1 cm³/mol. The normalized spacial score (nSPS) is 12.5. The Hall–Kier alpha value is -1.26. The first-order valence-electron chi connectivity index (χ1n) is 5.92. The molecular weight excluding hydrogens is 312 g/mol. The molecule has 0 amide bonds. The highest BCUT2D eigenvalue weighted by atomic mass is 79.9. The summed E-state index contributed by atoms with van der Waals surface area (Å²) >= 11 is 3.44. The van der Waals surface area contributed by atoms with Crippen molar-refractivity contribution < 1.29 is 8.78 Å². The number of hydrogen-bond acceptors (Lipinski definition) is 1. The first-order chi connectivity index (χ1) is 9.04. The molecule has 0 fully saturated rings. The largest absolute Gasteiger partial charge is 0.309 e. The SMILES string of the molecule is CNC(c1ccc(C)c(Br)c1)c1c(F)cccc1F. The Morgan fingerprint density at radius 1 is 1.11 bits per heavy atom. The minimum Gasteiger partial charge on any atom is -0.309 e. The summed E-state index contributed by atoms with van der Waals surface area (Å²) in [5.41, 5.74) is 1.93. The first-order valence-corrected chi connectivity index (χ1v) is 6.71. The quantitative estimate of drug-likeness (QED) is 0.884. The van der Waals surface area contributed by atoms with Crippen LogP contribution in [0.4, 0.5) is 8.78 Å². The summed E-state index contributed by atoms with van der Waals surface area (Å²) < 4.78 is 28.6. The van der Waals surface area contributed by atoms with Gasteiger partial charge in [0.05, 0.1) is 6.04 Å². The van der Waals surface area contributed by atoms with E-state index in [1.165, 1.54) is 18.2 Å². The summed E-state index contributed by atoms with van der Waals surface area (Å²) in [6.07, 6.45) is 0. The lowest BCUT2D eigenvalue weighted by molar-refractivity contribution is 0.522. The molecule has 100 valence electrons. The second kappa shape index (κ2) is 5.80. The van der Waals surface area contributed by atoms with Crippen molar-refractivity contribution in [3.05, 3.63) is 69.2 Å². The van der Waals surface area contributed by atoms with E-state index in [0.717, 1.165) is 15.6 Å². The molecular formula is C15H14BrF2N. The Kier molecular flexibility index (Phi) is 4.32. The second-order valence-corrected chi connectivity index (χ2v) is 5.22. The van der Waals surface area contributed by atoms with Gasteiger partial charge in [-0.1, -0.05) is 34.1 Å². The Bertz CT molecular complexity index is 578. The molecule has 0 saturated carbocycles. The zero-order valence-electron chi connectivity index (χ0n) is 10.7. The fraction of sp³-hybridized carbons (Fsp3) is 0.200. The van der Waals surface area contributed by atoms with E-state index in [-0.39, 0.29) is 5.56 Å². The van der Waals surface area contributed by atoms with Gasteiger partial charge in [0.25, 0.3) is 0 Å². The third kappa shape index (κ3) is 2.85. The molecule has 0 saturated heterocycles. The summed E-state index contributed by atoms with van der Waals surface area (Å²) in [5.74, 6) is -1.09. The van der Waals surface area contributed by atoms with Gasteiger partial charge in [-0.15, -0.1) is 0 Å². The van der Waals surface area contributed by atoms with E-state index in [1.807, 2.05) is 25.1 Å². The monoisotopic (exact) mass is 325 g/mol. The molecule has 0 aliphatic heterocycles. The van der Waals surface area contributed by atoms with Crippen LogP contribution in [0.5, 0.6) is 0 Å². The van der Waals surface area contributed by atoms with E-state index in [4.69, 9.17) is 0 Å². The van der Waals surface area contributed by atoms with E-state index >= 15 is 0 Å². The Labute approximate surface area is 119 Å². The number of nitrogens with one attached hydrogen (secondary N) is 1. The first kappa shape index (κ1) is 14.2. The molecule has 1 atom stereocenters. The topological polar surface area (TPSA) is 12.0 Å². The van der Waals surface area contributed by atoms with E-state index in [0.29, 0.717) is 0 Å². The van der Waals surface area contributed by atoms with Crippen molar-refractivity contribution in [1.29, 1.82) is 0 Å². The number of hydrogen-bond donors (Lipinski definition) is 1. The van der Waals surface area contributed by atoms with Crippen molar-refractivity contribution in [3.63, 3.8) is 0 Å². The fourth-order valence-electron chi connectivity index (χ4n) is 2.05. The molecule has 2 aromatic carbocycles. The summed E-state index contributed by atoms with van der Waals surface area (Å²) in [5, 5.41) is 2.96. The van der Waals surface area contributed by atoms with Gasteiger partial charge in [-0.05, 0) is 43.3 Å². The third-order valence-corrected chi connectivity index (χ3v) is 3.96. The number of aryl methyl sites for hydroxylation is 1. The molecule has 1 nitrogen and oxygen atoms in total. The molecule has 0 aromatic heterocycles. The standard InChI is InChI=1S/C15H14BrF2N/c1-9-6-7-10(8-11(9)16)15(19-2)14-12(17)4-3-5-13(14)18/h3-8,15,19H,1-2H3. The molecule has 4 heteroatoms. The highest BCUT2D eigenvalue weighted by Crippen LogP contribution is 2.29. The third-order valence-electron chi connectivity index (χ3n) is 3.11. The van der Waals surface area contributed by atoms with Crippen LogP contribution in [0, 0.1) is 18.6 Å². The van der Waals surface area contributed by atoms with Crippen molar-refractivity contribution in [3.8, 4) is 0 Å². The fourth-order valence-corrected chi connectivity index (χ4v) is 2.45. The van der Waals surface area contributed by atoms with E-state index < -0.39 is 17.7 Å². The Balaban J connectivity index is 2.53. The molecule has 0 spiro atoms. The van der Waals surface area contributed by atoms with Gasteiger partial charge in [-0.2, -0.15) is 0 Å². The maximum atomic E-state index is 13.9. The number of benzene rings is 2. The lowest BCUT2D eigenvalue weighted by Gasteiger charge is -2.19. The lowest BCUT2D eigenvalue weighted by Crippen LogP contribution is -2.20. The molecule has 1 unspecified atom stereocenters. The van der Waals surface area contributed by atoms with Gasteiger partial charge in [-0.3, -0.25) is 0 Å². The molecule has 0 radical (unpaired) electrons. The highest BCUT2D eigenvalue weighted by molar-refractivity contribution is 9.10. The van der Waals surface area contributed by atoms with Crippen molar-refractivity contribution >= 4 is 15.9 Å². The van der Waals surface area contributed by atoms with Crippen LogP contribution in [0.25, 0.3) is 0 Å². The minimum absolute atomic E-state index is 0.0424. The molecule has 2 aromatic rings. The van der Waals surface area contributed by atoms with Gasteiger partial charge < -0.3 is 5.32 Å². The molecule has 2 rings (SSSR count). The van der Waals surface area contributed by atoms with Crippen molar-refractivity contribution in [2.75, 3.05) is 7.05 Å². The van der Waals surface area contributed by atoms with Crippen LogP contribution in [-0.4, -0.2) is 7.05 Å². The number of rotatable bonds is 3. The van der Waals surface area contributed by atoms with Crippen LogP contribution in [0.15, 0.2) is 40.9 Å². The molecule has 0 heterocycles. The molecule has 0 bridgehead atoms. The van der Waals surface area contributed by atoms with E-state index in [2.05, 4.69) is 21.2 Å². The molecule has 19 heavy (non-hydrogen) atoms. The Morgan fingerprint density at radius 2 is 1.74 bits per heavy atom. The molecule has 0 aliphatic rings. The van der Waals surface area contributed by atoms with Crippen molar-refractivity contribution in [2.45, 2.75) is 13.0 Å². The lowest BCUT2D eigenvalue weighted by atomic mass is 9.97. The summed E-state index contributed by atoms with van der Waals surface area (Å²) in [6, 6.07) is 9.06. The average molecular weight is 326 g/mol. The second-order valence-electron chi connectivity index (χ2n) is 4.37. The van der Waals surface area contributed by atoms with Crippen LogP contribution in [-0.2, 0) is 0 Å². The van der Waals surface area contributed by atoms with Crippen LogP contribution < -0.4 is 5.32 Å². The minimum atomic E-state index is -0.545. The zero-order chi connectivity index (χ0) is 14.0. The van der Waals surface area contributed by atoms with Gasteiger partial charge in [0.1, 0.15) is 11.6 Å². The van der Waals surface area contributed by atoms with Gasteiger partial charge in [0, 0.05) is 10.0 Å². The summed E-state index contributed by atoms with van der Waals surface area (Å²) in [6.45, 7) is 1.96. The Morgan fingerprint density at radius 3 is 2.26 bits per heavy atom. The summed E-state index contributed by atoms with van der Waals surface area (Å²) in [7, 11) is 1.68. The maximum Gasteiger partial charge on any atom is 0.131 e. The van der Waals surface area contributed by atoms with E-state index in [9.17, 15) is 8.78 Å². The van der Waals surface area contributed by atoms with Gasteiger partial charge in [-0.25, -0.2) is 8.78 Å². The van der Waals surface area contributed by atoms with Gasteiger partial charge in [0.2, 0.25) is 0 Å². The highest BCUT2D eigenvalue weighted by Gasteiger charge is 2.20.